The average molecular weight is 227 g/mol. The molecule has 16 heavy (non-hydrogen) atoms. The Morgan fingerprint density at radius 2 is 2.06 bits per heavy atom. The van der Waals surface area contributed by atoms with Crippen molar-refractivity contribution in [1.82, 2.24) is 10.2 Å². The SMILES string of the molecule is CC[C@H](N)C(=O)NCC1CCN(CC)CC1. The van der Waals surface area contributed by atoms with Gasteiger partial charge in [-0.25, -0.2) is 0 Å². The summed E-state index contributed by atoms with van der Waals surface area (Å²) in [5.41, 5.74) is 5.66. The number of nitrogens with zero attached hydrogens (tertiary/aromatic N) is 1. The van der Waals surface area contributed by atoms with Crippen molar-refractivity contribution >= 4 is 5.91 Å². The summed E-state index contributed by atoms with van der Waals surface area (Å²) in [7, 11) is 0. The zero-order chi connectivity index (χ0) is 12.0. The highest BCUT2D eigenvalue weighted by molar-refractivity contribution is 5.81. The number of amides is 1. The molecule has 94 valence electrons. The largest absolute Gasteiger partial charge is 0.354 e. The molecule has 0 bridgehead atoms. The van der Waals surface area contributed by atoms with Gasteiger partial charge in [0, 0.05) is 6.54 Å². The molecule has 1 aliphatic heterocycles. The molecule has 0 aromatic carbocycles. The first kappa shape index (κ1) is 13.5. The van der Waals surface area contributed by atoms with Crippen molar-refractivity contribution in [3.8, 4) is 0 Å². The maximum absolute atomic E-state index is 11.5. The monoisotopic (exact) mass is 227 g/mol. The molecular formula is C12H25N3O. The number of carbonyl (C=O) groups is 1. The first-order valence-electron chi connectivity index (χ1n) is 6.43. The van der Waals surface area contributed by atoms with Crippen LogP contribution in [0.15, 0.2) is 0 Å². The highest BCUT2D eigenvalue weighted by Gasteiger charge is 2.19. The Hall–Kier alpha value is -0.610. The lowest BCUT2D eigenvalue weighted by Gasteiger charge is -2.31. The molecule has 1 saturated heterocycles. The molecule has 1 rings (SSSR count). The Bertz CT molecular complexity index is 212. The zero-order valence-electron chi connectivity index (χ0n) is 10.5. The molecule has 0 unspecified atom stereocenters. The van der Waals surface area contributed by atoms with Gasteiger partial charge in [-0.2, -0.15) is 0 Å². The Balaban J connectivity index is 2.17. The highest BCUT2D eigenvalue weighted by Crippen LogP contribution is 2.15. The molecule has 0 aromatic rings. The van der Waals surface area contributed by atoms with Crippen LogP contribution in [-0.4, -0.2) is 43.0 Å². The van der Waals surface area contributed by atoms with E-state index in [0.717, 1.165) is 26.2 Å². The van der Waals surface area contributed by atoms with Crippen molar-refractivity contribution in [2.24, 2.45) is 11.7 Å². The van der Waals surface area contributed by atoms with Gasteiger partial charge < -0.3 is 16.0 Å². The Morgan fingerprint density at radius 3 is 2.56 bits per heavy atom. The van der Waals surface area contributed by atoms with Crippen LogP contribution < -0.4 is 11.1 Å². The third-order valence-electron chi connectivity index (χ3n) is 3.50. The van der Waals surface area contributed by atoms with Gasteiger partial charge in [0.25, 0.3) is 0 Å². The molecule has 4 heteroatoms. The van der Waals surface area contributed by atoms with Crippen molar-refractivity contribution in [1.29, 1.82) is 0 Å². The van der Waals surface area contributed by atoms with E-state index in [1.807, 2.05) is 6.92 Å². The molecule has 0 aromatic heterocycles. The van der Waals surface area contributed by atoms with Crippen LogP contribution in [0.1, 0.15) is 33.1 Å². The second-order valence-corrected chi connectivity index (χ2v) is 4.64. The summed E-state index contributed by atoms with van der Waals surface area (Å²) < 4.78 is 0. The number of rotatable bonds is 5. The van der Waals surface area contributed by atoms with Gasteiger partial charge in [0.2, 0.25) is 5.91 Å². The second-order valence-electron chi connectivity index (χ2n) is 4.64. The summed E-state index contributed by atoms with van der Waals surface area (Å²) in [5, 5.41) is 2.95. The molecule has 1 amide bonds. The average Bonchev–Trinajstić information content (AvgIpc) is 2.35. The van der Waals surface area contributed by atoms with Gasteiger partial charge in [0.1, 0.15) is 0 Å². The molecule has 1 aliphatic rings. The third-order valence-corrected chi connectivity index (χ3v) is 3.50. The minimum Gasteiger partial charge on any atom is -0.354 e. The minimum absolute atomic E-state index is 0.000390. The Kier molecular flexibility index (Phi) is 5.77. The molecule has 3 N–H and O–H groups in total. The topological polar surface area (TPSA) is 58.4 Å². The molecule has 0 radical (unpaired) electrons. The fourth-order valence-electron chi connectivity index (χ4n) is 2.07. The summed E-state index contributed by atoms with van der Waals surface area (Å²) in [6.07, 6.45) is 3.09. The third kappa shape index (κ3) is 4.10. The van der Waals surface area contributed by atoms with E-state index < -0.39 is 0 Å². The van der Waals surface area contributed by atoms with Gasteiger partial charge in [0.15, 0.2) is 0 Å². The highest BCUT2D eigenvalue weighted by atomic mass is 16.2. The predicted molar refractivity (Wildman–Crippen MR) is 66.1 cm³/mol. The fraction of sp³-hybridized carbons (Fsp3) is 0.917. The van der Waals surface area contributed by atoms with Gasteiger partial charge in [-0.15, -0.1) is 0 Å². The number of piperidine rings is 1. The summed E-state index contributed by atoms with van der Waals surface area (Å²) in [6.45, 7) is 8.39. The van der Waals surface area contributed by atoms with Crippen LogP contribution in [0.3, 0.4) is 0 Å². The first-order valence-corrected chi connectivity index (χ1v) is 6.43. The molecule has 1 atom stereocenters. The fourth-order valence-corrected chi connectivity index (χ4v) is 2.07. The summed E-state index contributed by atoms with van der Waals surface area (Å²) in [6, 6.07) is -0.337. The van der Waals surface area contributed by atoms with Crippen molar-refractivity contribution < 1.29 is 4.79 Å². The first-order chi connectivity index (χ1) is 7.67. The number of carbonyl (C=O) groups excluding carboxylic acids is 1. The Morgan fingerprint density at radius 1 is 1.44 bits per heavy atom. The predicted octanol–water partition coefficient (Wildman–Crippen LogP) is 0.572. The maximum atomic E-state index is 11.5. The van der Waals surface area contributed by atoms with Crippen LogP contribution in [0.5, 0.6) is 0 Å². The van der Waals surface area contributed by atoms with Crippen LogP contribution in [0.25, 0.3) is 0 Å². The van der Waals surface area contributed by atoms with Crippen LogP contribution in [0.2, 0.25) is 0 Å². The van der Waals surface area contributed by atoms with E-state index in [4.69, 9.17) is 5.73 Å². The number of hydrogen-bond acceptors (Lipinski definition) is 3. The molecule has 0 saturated carbocycles. The number of nitrogens with two attached hydrogens (primary N) is 1. The van der Waals surface area contributed by atoms with E-state index in [1.54, 1.807) is 0 Å². The molecule has 1 fully saturated rings. The van der Waals surface area contributed by atoms with Gasteiger partial charge in [0.05, 0.1) is 6.04 Å². The van der Waals surface area contributed by atoms with Crippen LogP contribution in [-0.2, 0) is 4.79 Å². The summed E-state index contributed by atoms with van der Waals surface area (Å²) >= 11 is 0. The van der Waals surface area contributed by atoms with Gasteiger partial charge >= 0.3 is 0 Å². The van der Waals surface area contributed by atoms with E-state index >= 15 is 0 Å². The van der Waals surface area contributed by atoms with Crippen molar-refractivity contribution in [2.75, 3.05) is 26.2 Å². The molecule has 0 aliphatic carbocycles. The normalized spacial score (nSPS) is 20.7. The van der Waals surface area contributed by atoms with Crippen LogP contribution in [0, 0.1) is 5.92 Å². The van der Waals surface area contributed by atoms with Crippen molar-refractivity contribution in [3.63, 3.8) is 0 Å². The van der Waals surface area contributed by atoms with E-state index in [2.05, 4.69) is 17.1 Å². The number of likely N-dealkylation sites (tertiary alicyclic amines) is 1. The number of nitrogens with one attached hydrogen (secondary N) is 1. The lowest BCUT2D eigenvalue weighted by molar-refractivity contribution is -0.122. The summed E-state index contributed by atoms with van der Waals surface area (Å²) in [5.74, 6) is 0.635. The van der Waals surface area contributed by atoms with E-state index in [-0.39, 0.29) is 11.9 Å². The van der Waals surface area contributed by atoms with E-state index in [9.17, 15) is 4.79 Å². The van der Waals surface area contributed by atoms with Crippen molar-refractivity contribution in [3.05, 3.63) is 0 Å². The smallest absolute Gasteiger partial charge is 0.236 e. The molecule has 4 nitrogen and oxygen atoms in total. The standard InChI is InChI=1S/C12H25N3O/c1-3-11(13)12(16)14-9-10-5-7-15(4-2)8-6-10/h10-11H,3-9,13H2,1-2H3,(H,14,16)/t11-/m0/s1. The minimum atomic E-state index is -0.337. The second kappa shape index (κ2) is 6.86. The number of hydrogen-bond donors (Lipinski definition) is 2. The lowest BCUT2D eigenvalue weighted by Crippen LogP contribution is -2.44. The summed E-state index contributed by atoms with van der Waals surface area (Å²) in [4.78, 5) is 13.9. The zero-order valence-corrected chi connectivity index (χ0v) is 10.5. The quantitative estimate of drug-likeness (QED) is 0.722. The molecular weight excluding hydrogens is 202 g/mol. The van der Waals surface area contributed by atoms with Gasteiger partial charge in [-0.3, -0.25) is 4.79 Å². The van der Waals surface area contributed by atoms with Crippen LogP contribution >= 0.6 is 0 Å². The van der Waals surface area contributed by atoms with Crippen molar-refractivity contribution in [2.45, 2.75) is 39.2 Å². The van der Waals surface area contributed by atoms with Crippen LogP contribution in [0.4, 0.5) is 0 Å². The van der Waals surface area contributed by atoms with Gasteiger partial charge in [-0.05, 0) is 44.8 Å². The molecule has 0 spiro atoms. The Labute approximate surface area is 98.6 Å². The lowest BCUT2D eigenvalue weighted by atomic mass is 9.96. The molecule has 1 heterocycles. The van der Waals surface area contributed by atoms with E-state index in [1.165, 1.54) is 12.8 Å². The maximum Gasteiger partial charge on any atom is 0.236 e. The van der Waals surface area contributed by atoms with Gasteiger partial charge in [-0.1, -0.05) is 13.8 Å². The van der Waals surface area contributed by atoms with E-state index in [0.29, 0.717) is 12.3 Å².